The molecule has 20 heavy (non-hydrogen) atoms. The summed E-state index contributed by atoms with van der Waals surface area (Å²) in [6, 6.07) is 8.06. The summed E-state index contributed by atoms with van der Waals surface area (Å²) in [6.07, 6.45) is 1.71. The van der Waals surface area contributed by atoms with Crippen molar-refractivity contribution >= 4 is 23.3 Å². The molecule has 0 amide bonds. The zero-order chi connectivity index (χ0) is 13.8. The van der Waals surface area contributed by atoms with Crippen molar-refractivity contribution < 1.29 is 9.47 Å². The number of hydrogen-bond donors (Lipinski definition) is 1. The molecule has 0 saturated heterocycles. The summed E-state index contributed by atoms with van der Waals surface area (Å²) < 4.78 is 10.6. The first-order chi connectivity index (χ1) is 9.17. The molecule has 4 nitrogen and oxygen atoms in total. The molecule has 5 heteroatoms. The molecule has 2 aromatic rings. The Balaban J connectivity index is 0.00000200. The van der Waals surface area contributed by atoms with Crippen LogP contribution in [0, 0.1) is 0 Å². The minimum absolute atomic E-state index is 0. The maximum absolute atomic E-state index is 6.01. The summed E-state index contributed by atoms with van der Waals surface area (Å²) in [5, 5.41) is 1.07. The van der Waals surface area contributed by atoms with Crippen LogP contribution < -0.4 is 15.2 Å². The van der Waals surface area contributed by atoms with Gasteiger partial charge in [-0.15, -0.1) is 12.4 Å². The molecule has 1 heterocycles. The fraction of sp³-hybridized carbons (Fsp3) is 0.400. The second kappa shape index (κ2) is 7.31. The van der Waals surface area contributed by atoms with Gasteiger partial charge in [-0.25, -0.2) is 4.98 Å². The van der Waals surface area contributed by atoms with E-state index in [2.05, 4.69) is 18.0 Å². The molecule has 0 aliphatic rings. The molecule has 0 saturated carbocycles. The van der Waals surface area contributed by atoms with Crippen LogP contribution in [0.25, 0.3) is 10.9 Å². The number of methoxy groups -OCH3 is 2. The molecule has 1 unspecified atom stereocenters. The number of hydrogen-bond acceptors (Lipinski definition) is 4. The van der Waals surface area contributed by atoms with Gasteiger partial charge in [-0.2, -0.15) is 0 Å². The van der Waals surface area contributed by atoms with Crippen molar-refractivity contribution in [1.29, 1.82) is 0 Å². The Bertz CT molecular complexity index is 575. The number of nitrogens with zero attached hydrogens (tertiary/aromatic N) is 1. The minimum Gasteiger partial charge on any atom is -0.497 e. The average Bonchev–Trinajstić information content (AvgIpc) is 2.45. The van der Waals surface area contributed by atoms with Crippen LogP contribution in [-0.2, 0) is 6.42 Å². The molecule has 0 aliphatic carbocycles. The molecule has 0 spiro atoms. The van der Waals surface area contributed by atoms with E-state index in [0.717, 1.165) is 35.1 Å². The smallest absolute Gasteiger partial charge is 0.216 e. The predicted octanol–water partition coefficient (Wildman–Crippen LogP) is 2.95. The Hall–Kier alpha value is -1.52. The van der Waals surface area contributed by atoms with E-state index in [1.165, 1.54) is 0 Å². The fourth-order valence-corrected chi connectivity index (χ4v) is 2.05. The predicted molar refractivity (Wildman–Crippen MR) is 84.1 cm³/mol. The van der Waals surface area contributed by atoms with Gasteiger partial charge >= 0.3 is 0 Å². The van der Waals surface area contributed by atoms with E-state index in [4.69, 9.17) is 15.2 Å². The molecule has 110 valence electrons. The average molecular weight is 297 g/mol. The third-order valence-corrected chi connectivity index (χ3v) is 3.26. The molecule has 0 bridgehead atoms. The Morgan fingerprint density at radius 1 is 1.20 bits per heavy atom. The third kappa shape index (κ3) is 3.52. The van der Waals surface area contributed by atoms with Gasteiger partial charge < -0.3 is 15.2 Å². The standard InChI is InChI=1S/C15H20N2O2.ClH/c1-4-12(16)8-11-7-10-5-6-13(18-2)9-14(10)17-15(11)19-3;/h5-7,9,12H,4,8,16H2,1-3H3;1H. The maximum Gasteiger partial charge on any atom is 0.216 e. The van der Waals surface area contributed by atoms with E-state index >= 15 is 0 Å². The van der Waals surface area contributed by atoms with Gasteiger partial charge in [-0.05, 0) is 31.0 Å². The van der Waals surface area contributed by atoms with Gasteiger partial charge in [0.1, 0.15) is 5.75 Å². The summed E-state index contributed by atoms with van der Waals surface area (Å²) in [7, 11) is 3.28. The molecule has 0 aliphatic heterocycles. The Morgan fingerprint density at radius 2 is 1.95 bits per heavy atom. The van der Waals surface area contributed by atoms with E-state index in [1.54, 1.807) is 14.2 Å². The lowest BCUT2D eigenvalue weighted by molar-refractivity contribution is 0.392. The van der Waals surface area contributed by atoms with Crippen molar-refractivity contribution in [2.45, 2.75) is 25.8 Å². The summed E-state index contributed by atoms with van der Waals surface area (Å²) in [4.78, 5) is 4.53. The first-order valence-electron chi connectivity index (χ1n) is 6.45. The molecule has 1 aromatic heterocycles. The molecule has 1 aromatic carbocycles. The van der Waals surface area contributed by atoms with Crippen LogP contribution in [0.2, 0.25) is 0 Å². The first kappa shape index (κ1) is 16.5. The highest BCUT2D eigenvalue weighted by molar-refractivity contribution is 5.85. The van der Waals surface area contributed by atoms with Crippen LogP contribution in [0.15, 0.2) is 24.3 Å². The van der Waals surface area contributed by atoms with Crippen molar-refractivity contribution in [2.75, 3.05) is 14.2 Å². The maximum atomic E-state index is 6.01. The number of aromatic nitrogens is 1. The molecule has 1 atom stereocenters. The molecule has 2 N–H and O–H groups in total. The second-order valence-corrected chi connectivity index (χ2v) is 4.59. The summed E-state index contributed by atoms with van der Waals surface area (Å²) in [5.41, 5.74) is 7.93. The minimum atomic E-state index is 0. The second-order valence-electron chi connectivity index (χ2n) is 4.59. The van der Waals surface area contributed by atoms with E-state index in [1.807, 2.05) is 18.2 Å². The Morgan fingerprint density at radius 3 is 2.55 bits per heavy atom. The number of pyridine rings is 1. The number of nitrogens with two attached hydrogens (primary N) is 1. The first-order valence-corrected chi connectivity index (χ1v) is 6.45. The highest BCUT2D eigenvalue weighted by Crippen LogP contribution is 2.26. The lowest BCUT2D eigenvalue weighted by Crippen LogP contribution is -2.21. The highest BCUT2D eigenvalue weighted by atomic mass is 35.5. The summed E-state index contributed by atoms with van der Waals surface area (Å²) in [6.45, 7) is 2.08. The highest BCUT2D eigenvalue weighted by Gasteiger charge is 2.11. The Kier molecular flexibility index (Phi) is 6.05. The van der Waals surface area contributed by atoms with Gasteiger partial charge in [0.15, 0.2) is 0 Å². The molecular formula is C15H21ClN2O2. The van der Waals surface area contributed by atoms with Gasteiger partial charge in [-0.3, -0.25) is 0 Å². The molecule has 0 radical (unpaired) electrons. The molecular weight excluding hydrogens is 276 g/mol. The van der Waals surface area contributed by atoms with Gasteiger partial charge in [0.2, 0.25) is 5.88 Å². The van der Waals surface area contributed by atoms with E-state index in [0.29, 0.717) is 5.88 Å². The van der Waals surface area contributed by atoms with Crippen molar-refractivity contribution in [3.8, 4) is 11.6 Å². The Labute approximate surface area is 125 Å². The monoisotopic (exact) mass is 296 g/mol. The quantitative estimate of drug-likeness (QED) is 0.921. The SMILES string of the molecule is CCC(N)Cc1cc2ccc(OC)cc2nc1OC.Cl. The topological polar surface area (TPSA) is 57.4 Å². The van der Waals surface area contributed by atoms with Crippen molar-refractivity contribution in [3.05, 3.63) is 29.8 Å². The number of fused-ring (bicyclic) bond motifs is 1. The number of ether oxygens (including phenoxy) is 2. The van der Waals surface area contributed by atoms with Crippen LogP contribution >= 0.6 is 12.4 Å². The van der Waals surface area contributed by atoms with Gasteiger partial charge in [0.05, 0.1) is 19.7 Å². The fourth-order valence-electron chi connectivity index (χ4n) is 2.05. The summed E-state index contributed by atoms with van der Waals surface area (Å²) >= 11 is 0. The van der Waals surface area contributed by atoms with E-state index in [-0.39, 0.29) is 18.4 Å². The lowest BCUT2D eigenvalue weighted by Gasteiger charge is -2.13. The number of benzene rings is 1. The van der Waals surface area contributed by atoms with Gasteiger partial charge in [-0.1, -0.05) is 6.92 Å². The van der Waals surface area contributed by atoms with Gasteiger partial charge in [0, 0.05) is 23.1 Å². The molecule has 0 fully saturated rings. The third-order valence-electron chi connectivity index (χ3n) is 3.26. The number of halogens is 1. The van der Waals surface area contributed by atoms with E-state index in [9.17, 15) is 0 Å². The largest absolute Gasteiger partial charge is 0.497 e. The van der Waals surface area contributed by atoms with Crippen LogP contribution in [0.1, 0.15) is 18.9 Å². The summed E-state index contributed by atoms with van der Waals surface area (Å²) in [5.74, 6) is 1.43. The van der Waals surface area contributed by atoms with Crippen LogP contribution in [-0.4, -0.2) is 25.2 Å². The normalized spacial score (nSPS) is 11.8. The van der Waals surface area contributed by atoms with Crippen molar-refractivity contribution in [3.63, 3.8) is 0 Å². The van der Waals surface area contributed by atoms with Crippen molar-refractivity contribution in [2.24, 2.45) is 5.73 Å². The lowest BCUT2D eigenvalue weighted by atomic mass is 10.0. The number of rotatable bonds is 5. The van der Waals surface area contributed by atoms with Crippen LogP contribution in [0.5, 0.6) is 11.6 Å². The zero-order valence-electron chi connectivity index (χ0n) is 12.1. The van der Waals surface area contributed by atoms with Crippen molar-refractivity contribution in [1.82, 2.24) is 4.98 Å². The van der Waals surface area contributed by atoms with Gasteiger partial charge in [0.25, 0.3) is 0 Å². The molecule has 2 rings (SSSR count). The zero-order valence-corrected chi connectivity index (χ0v) is 12.9. The van der Waals surface area contributed by atoms with Crippen LogP contribution in [0.4, 0.5) is 0 Å². The van der Waals surface area contributed by atoms with Crippen LogP contribution in [0.3, 0.4) is 0 Å². The van der Waals surface area contributed by atoms with E-state index < -0.39 is 0 Å².